The van der Waals surface area contributed by atoms with Crippen molar-refractivity contribution in [1.29, 1.82) is 0 Å². The summed E-state index contributed by atoms with van der Waals surface area (Å²) in [4.78, 5) is 0. The fourth-order valence-electron chi connectivity index (χ4n) is 5.00. The highest BCUT2D eigenvalue weighted by Crippen LogP contribution is 2.28. The monoisotopic (exact) mass is 594 g/mol. The first-order valence-corrected chi connectivity index (χ1v) is 15.7. The van der Waals surface area contributed by atoms with Gasteiger partial charge in [-0.1, -0.05) is 72.8 Å². The molecule has 6 heteroatoms. The number of epoxide rings is 2. The van der Waals surface area contributed by atoms with Gasteiger partial charge in [0.25, 0.3) is 0 Å². The number of rotatable bonds is 17. The normalized spacial score (nSPS) is 18.4. The van der Waals surface area contributed by atoms with Gasteiger partial charge in [-0.25, -0.2) is 0 Å². The Balaban J connectivity index is 0.866. The van der Waals surface area contributed by atoms with E-state index in [0.29, 0.717) is 26.4 Å². The second kappa shape index (κ2) is 14.9. The van der Waals surface area contributed by atoms with Crippen molar-refractivity contribution in [3.05, 3.63) is 108 Å². The molecule has 0 radical (unpaired) electrons. The van der Waals surface area contributed by atoms with Crippen LogP contribution in [0.3, 0.4) is 0 Å². The minimum atomic E-state index is 0.0453. The Bertz CT molecular complexity index is 1310. The Morgan fingerprint density at radius 1 is 0.523 bits per heavy atom. The molecule has 2 heterocycles. The Kier molecular flexibility index (Phi) is 10.3. The third-order valence-electron chi connectivity index (χ3n) is 8.09. The van der Waals surface area contributed by atoms with E-state index < -0.39 is 0 Å². The standard InChI is InChI=1S/C38H42O6/c1-27(29-5-9-31(10-6-29)33-13-17-35(18-14-33)41-23-37-25-43-37)39-21-3-4-22-40-28(2)30-7-11-32(12-8-30)34-15-19-36(20-16-34)42-24-38-26-44-38/h5-20,27-28,37-38H,3-4,21-26H2,1-2H3. The van der Waals surface area contributed by atoms with Crippen LogP contribution in [0.5, 0.6) is 11.5 Å². The zero-order valence-corrected chi connectivity index (χ0v) is 25.7. The molecule has 2 saturated heterocycles. The van der Waals surface area contributed by atoms with E-state index in [0.717, 1.165) is 37.6 Å². The van der Waals surface area contributed by atoms with E-state index in [9.17, 15) is 0 Å². The molecule has 2 aliphatic rings. The van der Waals surface area contributed by atoms with Crippen molar-refractivity contribution in [2.24, 2.45) is 0 Å². The molecule has 4 atom stereocenters. The van der Waals surface area contributed by atoms with E-state index in [1.54, 1.807) is 0 Å². The lowest BCUT2D eigenvalue weighted by molar-refractivity contribution is 0.0400. The largest absolute Gasteiger partial charge is 0.491 e. The van der Waals surface area contributed by atoms with Gasteiger partial charge in [0.05, 0.1) is 25.4 Å². The van der Waals surface area contributed by atoms with Crippen LogP contribution in [0.25, 0.3) is 22.3 Å². The summed E-state index contributed by atoms with van der Waals surface area (Å²) in [6, 6.07) is 33.7. The molecule has 6 rings (SSSR count). The summed E-state index contributed by atoms with van der Waals surface area (Å²) in [5, 5.41) is 0. The average molecular weight is 595 g/mol. The molecule has 0 aromatic heterocycles. The minimum Gasteiger partial charge on any atom is -0.491 e. The highest BCUT2D eigenvalue weighted by atomic mass is 16.6. The summed E-state index contributed by atoms with van der Waals surface area (Å²) in [5.74, 6) is 1.75. The van der Waals surface area contributed by atoms with Gasteiger partial charge < -0.3 is 28.4 Å². The predicted molar refractivity (Wildman–Crippen MR) is 172 cm³/mol. The summed E-state index contributed by atoms with van der Waals surface area (Å²) in [6.45, 7) is 8.50. The molecule has 44 heavy (non-hydrogen) atoms. The molecule has 0 N–H and O–H groups in total. The summed E-state index contributed by atoms with van der Waals surface area (Å²) >= 11 is 0. The molecule has 0 saturated carbocycles. The summed E-state index contributed by atoms with van der Waals surface area (Å²) in [5.41, 5.74) is 7.05. The minimum absolute atomic E-state index is 0.0453. The molecular formula is C38H42O6. The maximum Gasteiger partial charge on any atom is 0.119 e. The van der Waals surface area contributed by atoms with Crippen molar-refractivity contribution in [3.8, 4) is 33.8 Å². The molecule has 0 spiro atoms. The van der Waals surface area contributed by atoms with Gasteiger partial charge in [-0.2, -0.15) is 0 Å². The van der Waals surface area contributed by atoms with Crippen LogP contribution in [0.15, 0.2) is 97.1 Å². The summed E-state index contributed by atoms with van der Waals surface area (Å²) in [7, 11) is 0. The fraction of sp³-hybridized carbons (Fsp3) is 0.368. The van der Waals surface area contributed by atoms with Gasteiger partial charge in [0.2, 0.25) is 0 Å². The second-order valence-electron chi connectivity index (χ2n) is 11.6. The molecule has 2 fully saturated rings. The van der Waals surface area contributed by atoms with E-state index in [4.69, 9.17) is 28.4 Å². The summed E-state index contributed by atoms with van der Waals surface area (Å²) < 4.78 is 34.1. The number of unbranched alkanes of at least 4 members (excludes halogenated alkanes) is 1. The van der Waals surface area contributed by atoms with Crippen molar-refractivity contribution in [2.45, 2.75) is 51.1 Å². The van der Waals surface area contributed by atoms with Gasteiger partial charge >= 0.3 is 0 Å². The summed E-state index contributed by atoms with van der Waals surface area (Å²) in [6.07, 6.45) is 2.54. The van der Waals surface area contributed by atoms with Crippen LogP contribution in [-0.4, -0.2) is 51.8 Å². The zero-order valence-electron chi connectivity index (χ0n) is 25.7. The lowest BCUT2D eigenvalue weighted by atomic mass is 10.0. The van der Waals surface area contributed by atoms with Crippen molar-refractivity contribution in [3.63, 3.8) is 0 Å². The maximum atomic E-state index is 6.13. The van der Waals surface area contributed by atoms with Gasteiger partial charge in [-0.15, -0.1) is 0 Å². The van der Waals surface area contributed by atoms with E-state index >= 15 is 0 Å². The molecule has 4 unspecified atom stereocenters. The van der Waals surface area contributed by atoms with Crippen molar-refractivity contribution in [2.75, 3.05) is 39.6 Å². The molecular weight excluding hydrogens is 552 g/mol. The van der Waals surface area contributed by atoms with Crippen LogP contribution >= 0.6 is 0 Å². The van der Waals surface area contributed by atoms with Crippen LogP contribution in [0.1, 0.15) is 50.0 Å². The number of ether oxygens (including phenoxy) is 6. The third kappa shape index (κ3) is 8.93. The van der Waals surface area contributed by atoms with Crippen molar-refractivity contribution < 1.29 is 28.4 Å². The maximum absolute atomic E-state index is 6.13. The van der Waals surface area contributed by atoms with Crippen LogP contribution in [0.4, 0.5) is 0 Å². The number of hydrogen-bond acceptors (Lipinski definition) is 6. The molecule has 0 amide bonds. The van der Waals surface area contributed by atoms with Gasteiger partial charge in [0.1, 0.15) is 36.9 Å². The Hall–Kier alpha value is -3.68. The number of hydrogen-bond donors (Lipinski definition) is 0. The highest BCUT2D eigenvalue weighted by Gasteiger charge is 2.23. The van der Waals surface area contributed by atoms with E-state index in [2.05, 4.69) is 86.6 Å². The molecule has 2 aliphatic heterocycles. The molecule has 0 bridgehead atoms. The van der Waals surface area contributed by atoms with Crippen LogP contribution in [0.2, 0.25) is 0 Å². The van der Waals surface area contributed by atoms with E-state index in [1.807, 2.05) is 24.3 Å². The average Bonchev–Trinajstić information content (AvgIpc) is 4.01. The first-order chi connectivity index (χ1) is 21.6. The topological polar surface area (TPSA) is 62.0 Å². The Morgan fingerprint density at radius 2 is 0.841 bits per heavy atom. The SMILES string of the molecule is CC(OCCCCOC(C)c1ccc(-c2ccc(OCC3CO3)cc2)cc1)c1ccc(-c2ccc(OCC3CO3)cc2)cc1. The molecule has 230 valence electrons. The van der Waals surface area contributed by atoms with Crippen LogP contribution in [-0.2, 0) is 18.9 Å². The lowest BCUT2D eigenvalue weighted by Gasteiger charge is -2.16. The van der Waals surface area contributed by atoms with Gasteiger partial charge in [-0.3, -0.25) is 0 Å². The second-order valence-corrected chi connectivity index (χ2v) is 11.6. The first kappa shape index (κ1) is 30.4. The lowest BCUT2D eigenvalue weighted by Crippen LogP contribution is -2.05. The quantitative estimate of drug-likeness (QED) is 0.0907. The molecule has 4 aromatic carbocycles. The molecule has 6 nitrogen and oxygen atoms in total. The van der Waals surface area contributed by atoms with Crippen LogP contribution < -0.4 is 9.47 Å². The number of benzene rings is 4. The highest BCUT2D eigenvalue weighted by molar-refractivity contribution is 5.65. The van der Waals surface area contributed by atoms with Gasteiger partial charge in [-0.05, 0) is 84.3 Å². The van der Waals surface area contributed by atoms with E-state index in [-0.39, 0.29) is 24.4 Å². The first-order valence-electron chi connectivity index (χ1n) is 15.7. The van der Waals surface area contributed by atoms with Crippen molar-refractivity contribution in [1.82, 2.24) is 0 Å². The molecule has 0 aliphatic carbocycles. The Labute approximate surface area is 260 Å². The zero-order chi connectivity index (χ0) is 30.1. The fourth-order valence-corrected chi connectivity index (χ4v) is 5.00. The predicted octanol–water partition coefficient (Wildman–Crippen LogP) is 8.21. The molecule has 4 aromatic rings. The van der Waals surface area contributed by atoms with Crippen molar-refractivity contribution >= 4 is 0 Å². The smallest absolute Gasteiger partial charge is 0.119 e. The Morgan fingerprint density at radius 3 is 1.16 bits per heavy atom. The third-order valence-corrected chi connectivity index (χ3v) is 8.09. The van der Waals surface area contributed by atoms with Gasteiger partial charge in [0, 0.05) is 13.2 Å². The van der Waals surface area contributed by atoms with Crippen LogP contribution in [0, 0.1) is 0 Å². The van der Waals surface area contributed by atoms with Gasteiger partial charge in [0.15, 0.2) is 0 Å². The van der Waals surface area contributed by atoms with E-state index in [1.165, 1.54) is 33.4 Å².